The molecule has 0 amide bonds. The Morgan fingerprint density at radius 2 is 1.47 bits per heavy atom. The Labute approximate surface area is 222 Å². The third-order valence-corrected chi connectivity index (χ3v) is 14.2. The van der Waals surface area contributed by atoms with Gasteiger partial charge in [0.25, 0.3) is 0 Å². The second-order valence-corrected chi connectivity index (χ2v) is 16.7. The van der Waals surface area contributed by atoms with Crippen LogP contribution in [0.1, 0.15) is 133 Å². The minimum absolute atomic E-state index is 0.0603. The molecule has 0 spiro atoms. The van der Waals surface area contributed by atoms with E-state index in [1.807, 2.05) is 0 Å². The largest absolute Gasteiger partial charge is 0.243 e. The van der Waals surface area contributed by atoms with Gasteiger partial charge in [0.05, 0.1) is 0 Å². The normalized spacial score (nSPS) is 51.2. The van der Waals surface area contributed by atoms with Gasteiger partial charge in [-0.3, -0.25) is 0 Å². The minimum atomic E-state index is -1.11. The molecule has 0 unspecified atom stereocenters. The average molecular weight is 495 g/mol. The zero-order valence-corrected chi connectivity index (χ0v) is 25.4. The molecule has 36 heavy (non-hydrogen) atoms. The van der Waals surface area contributed by atoms with Crippen molar-refractivity contribution in [3.05, 3.63) is 29.0 Å². The van der Waals surface area contributed by atoms with Gasteiger partial charge in [-0.25, -0.2) is 4.39 Å². The second kappa shape index (κ2) is 7.64. The third kappa shape index (κ3) is 3.05. The van der Waals surface area contributed by atoms with E-state index < -0.39 is 5.67 Å². The van der Waals surface area contributed by atoms with E-state index in [4.69, 9.17) is 0 Å². The first-order chi connectivity index (χ1) is 16.4. The number of allylic oxidation sites excluding steroid dienone is 3. The Balaban J connectivity index is 1.59. The van der Waals surface area contributed by atoms with Gasteiger partial charge < -0.3 is 0 Å². The summed E-state index contributed by atoms with van der Waals surface area (Å²) in [5.74, 6) is 1.40. The molecule has 0 aromatic rings. The number of rotatable bonds is 0. The molecule has 0 bridgehead atoms. The lowest BCUT2D eigenvalue weighted by atomic mass is 9.30. The number of halogens is 1. The van der Waals surface area contributed by atoms with Crippen molar-refractivity contribution in [2.24, 2.45) is 50.2 Å². The number of alkyl halides is 1. The summed E-state index contributed by atoms with van der Waals surface area (Å²) in [5, 5.41) is 0. The Bertz CT molecular complexity index is 1030. The molecule has 8 atom stereocenters. The van der Waals surface area contributed by atoms with Crippen molar-refractivity contribution in [1.29, 1.82) is 0 Å². The fraction of sp³-hybridized carbons (Fsp3) is 0.857. The summed E-state index contributed by atoms with van der Waals surface area (Å²) in [7, 11) is 0. The van der Waals surface area contributed by atoms with Crippen molar-refractivity contribution in [3.8, 4) is 0 Å². The van der Waals surface area contributed by atoms with Crippen molar-refractivity contribution in [2.45, 2.75) is 139 Å². The first-order valence-corrected chi connectivity index (χ1v) is 15.2. The average Bonchev–Trinajstić information content (AvgIpc) is 2.75. The van der Waals surface area contributed by atoms with Crippen LogP contribution in [0.25, 0.3) is 0 Å². The van der Waals surface area contributed by atoms with Crippen LogP contribution < -0.4 is 0 Å². The monoisotopic (exact) mass is 494 g/mol. The van der Waals surface area contributed by atoms with Crippen molar-refractivity contribution in [2.75, 3.05) is 0 Å². The Kier molecular flexibility index (Phi) is 5.69. The maximum absolute atomic E-state index is 18.3. The van der Waals surface area contributed by atoms with Crippen molar-refractivity contribution in [1.82, 2.24) is 0 Å². The predicted molar refractivity (Wildman–Crippen MR) is 151 cm³/mol. The van der Waals surface area contributed by atoms with Gasteiger partial charge in [-0.1, -0.05) is 73.1 Å². The molecule has 0 aromatic heterocycles. The molecule has 0 aromatic carbocycles. The Hall–Kier alpha value is -0.810. The molecule has 0 radical (unpaired) electrons. The van der Waals surface area contributed by atoms with Crippen LogP contribution in [0.5, 0.6) is 0 Å². The summed E-state index contributed by atoms with van der Waals surface area (Å²) in [6, 6.07) is 0. The molecule has 5 aliphatic carbocycles. The Morgan fingerprint density at radius 1 is 0.833 bits per heavy atom. The highest BCUT2D eigenvalue weighted by atomic mass is 19.1. The number of hydrogen-bond acceptors (Lipinski definition) is 0. The third-order valence-electron chi connectivity index (χ3n) is 14.2. The van der Waals surface area contributed by atoms with Gasteiger partial charge in [0, 0.05) is 16.7 Å². The van der Waals surface area contributed by atoms with E-state index >= 15 is 4.39 Å². The number of hydrogen-bond donors (Lipinski definition) is 0. The van der Waals surface area contributed by atoms with E-state index in [-0.39, 0.29) is 33.0 Å². The van der Waals surface area contributed by atoms with Gasteiger partial charge in [0.15, 0.2) is 0 Å². The summed E-state index contributed by atoms with van der Waals surface area (Å²) in [6.07, 6.45) is 10.9. The molecule has 1 heteroatoms. The number of fused-ring (bicyclic) bond motifs is 7. The maximum Gasteiger partial charge on any atom is 0.120 e. The van der Waals surface area contributed by atoms with E-state index in [1.54, 1.807) is 5.57 Å². The molecule has 5 saturated carbocycles. The highest BCUT2D eigenvalue weighted by molar-refractivity contribution is 5.32. The van der Waals surface area contributed by atoms with Gasteiger partial charge >= 0.3 is 0 Å². The minimum Gasteiger partial charge on any atom is -0.243 e. The fourth-order valence-corrected chi connectivity index (χ4v) is 12.2. The smallest absolute Gasteiger partial charge is 0.120 e. The molecule has 5 fully saturated rings. The predicted octanol–water partition coefficient (Wildman–Crippen LogP) is 10.6. The quantitative estimate of drug-likeness (QED) is 0.232. The van der Waals surface area contributed by atoms with Gasteiger partial charge in [0.1, 0.15) is 5.67 Å². The van der Waals surface area contributed by atoms with Crippen LogP contribution in [-0.4, -0.2) is 5.67 Å². The van der Waals surface area contributed by atoms with Crippen molar-refractivity contribution in [3.63, 3.8) is 0 Å². The zero-order valence-electron chi connectivity index (χ0n) is 25.4. The maximum atomic E-state index is 18.3. The molecule has 5 aliphatic rings. The van der Waals surface area contributed by atoms with Gasteiger partial charge in [-0.2, -0.15) is 0 Å². The van der Waals surface area contributed by atoms with E-state index in [1.165, 1.54) is 36.8 Å². The van der Waals surface area contributed by atoms with Crippen LogP contribution in [-0.2, 0) is 0 Å². The van der Waals surface area contributed by atoms with Crippen LogP contribution in [0.2, 0.25) is 0 Å². The molecule has 0 N–H and O–H groups in total. The lowest BCUT2D eigenvalue weighted by Crippen LogP contribution is -2.72. The summed E-state index contributed by atoms with van der Waals surface area (Å²) >= 11 is 0. The van der Waals surface area contributed by atoms with E-state index in [0.29, 0.717) is 17.3 Å². The van der Waals surface area contributed by atoms with Crippen molar-refractivity contribution < 1.29 is 4.39 Å². The topological polar surface area (TPSA) is 0 Å². The van der Waals surface area contributed by atoms with Crippen molar-refractivity contribution >= 4 is 0 Å². The standard InChI is InChI=1S/C35H55F/c1-12-24-21-29(4,5)22-28-31(24,8)19-20-34(11)33(10)17-14-26-30(6,7)25(23(2)3)13-16-32(26,9)27(33)15-18-35(28,34)36/h26-28H,1,13-22H2,2-11H3/t26-,27+,28+,31-,32-,33+,34-,35-/m0/s1. The summed E-state index contributed by atoms with van der Waals surface area (Å²) in [4.78, 5) is 0. The highest BCUT2D eigenvalue weighted by Crippen LogP contribution is 2.79. The first kappa shape index (κ1) is 26.8. The molecule has 202 valence electrons. The molecule has 5 rings (SSSR count). The first-order valence-electron chi connectivity index (χ1n) is 15.2. The van der Waals surface area contributed by atoms with E-state index in [2.05, 4.69) is 81.5 Å². The molecule has 0 aliphatic heterocycles. The SMILES string of the molecule is C=C=C1CC(C)(C)C[C@@H]2[C@@]1(C)CC[C@@]1(C)[C@]3(C)CC[C@H]4C(C)(C)C(=C(C)C)CC[C@]4(C)[C@H]3CC[C@]21F. The summed E-state index contributed by atoms with van der Waals surface area (Å²) < 4.78 is 18.3. The summed E-state index contributed by atoms with van der Waals surface area (Å²) in [6.45, 7) is 28.5. The molecule has 0 nitrogen and oxygen atoms in total. The van der Waals surface area contributed by atoms with Crippen LogP contribution in [0.15, 0.2) is 29.0 Å². The molecular weight excluding hydrogens is 439 g/mol. The van der Waals surface area contributed by atoms with Gasteiger partial charge in [-0.05, 0) is 117 Å². The fourth-order valence-electron chi connectivity index (χ4n) is 12.2. The lowest BCUT2D eigenvalue weighted by molar-refractivity contribution is -0.277. The second-order valence-electron chi connectivity index (χ2n) is 16.7. The Morgan fingerprint density at radius 3 is 2.08 bits per heavy atom. The zero-order chi connectivity index (χ0) is 26.7. The highest BCUT2D eigenvalue weighted by Gasteiger charge is 2.75. The summed E-state index contributed by atoms with van der Waals surface area (Å²) in [5.41, 5.74) is 7.19. The van der Waals surface area contributed by atoms with Crippen LogP contribution in [0.4, 0.5) is 4.39 Å². The van der Waals surface area contributed by atoms with Gasteiger partial charge in [-0.15, -0.1) is 5.73 Å². The molecule has 0 heterocycles. The van der Waals surface area contributed by atoms with Gasteiger partial charge in [0.2, 0.25) is 0 Å². The lowest BCUT2D eigenvalue weighted by Gasteiger charge is -2.75. The van der Waals surface area contributed by atoms with E-state index in [0.717, 1.165) is 38.5 Å². The van der Waals surface area contributed by atoms with Crippen LogP contribution in [0, 0.1) is 50.2 Å². The van der Waals surface area contributed by atoms with Crippen LogP contribution >= 0.6 is 0 Å². The molecule has 0 saturated heterocycles. The van der Waals surface area contributed by atoms with Crippen LogP contribution in [0.3, 0.4) is 0 Å². The van der Waals surface area contributed by atoms with E-state index in [9.17, 15) is 0 Å². The molecular formula is C35H55F.